The predicted octanol–water partition coefficient (Wildman–Crippen LogP) is -3.89. The Hall–Kier alpha value is -6.48. The van der Waals surface area contributed by atoms with Crippen LogP contribution in [0.2, 0.25) is 0 Å². The summed E-state index contributed by atoms with van der Waals surface area (Å²) in [5.74, 6) is -0.966. The van der Waals surface area contributed by atoms with Crippen molar-refractivity contribution in [2.75, 3.05) is 244 Å². The lowest BCUT2D eigenvalue weighted by molar-refractivity contribution is -0.249. The summed E-state index contributed by atoms with van der Waals surface area (Å²) in [6.07, 6.45) is 1.11. The van der Waals surface area contributed by atoms with Gasteiger partial charge in [-0.3, -0.25) is 19.2 Å². The van der Waals surface area contributed by atoms with Gasteiger partial charge in [-0.05, 0) is 38.9 Å². The first kappa shape index (κ1) is 108. The number of nitrogens with zero attached hydrogens (tertiary/aromatic N) is 9. The maximum atomic E-state index is 12.0. The number of carbonyl (C=O) groups is 4. The van der Waals surface area contributed by atoms with Gasteiger partial charge in [-0.2, -0.15) is 0 Å². The summed E-state index contributed by atoms with van der Waals surface area (Å²) in [6, 6.07) is 9.11. The minimum Gasteiger partial charge on any atom is -0.390 e. The van der Waals surface area contributed by atoms with Gasteiger partial charge in [-0.25, -0.2) is 14.0 Å². The van der Waals surface area contributed by atoms with E-state index in [9.17, 15) is 49.8 Å². The van der Waals surface area contributed by atoms with E-state index in [1.165, 1.54) is 0 Å². The quantitative estimate of drug-likeness (QED) is 0.0149. The summed E-state index contributed by atoms with van der Waals surface area (Å²) in [7, 11) is 0. The first-order valence-corrected chi connectivity index (χ1v) is 44.6. The number of benzene rings is 1. The van der Waals surface area contributed by atoms with Crippen LogP contribution in [0.4, 0.5) is 0 Å². The molecule has 0 radical (unpaired) electrons. The van der Waals surface area contributed by atoms with Gasteiger partial charge in [-0.15, -0.1) is 15.3 Å². The number of Topliss-reactive ketones (excluding diaryl/α,β-unsaturated/α-hetero) is 1. The summed E-state index contributed by atoms with van der Waals surface area (Å²) in [5.41, 5.74) is 10.4. The molecule has 46 heteroatoms. The van der Waals surface area contributed by atoms with E-state index in [1.807, 2.05) is 18.2 Å². The van der Waals surface area contributed by atoms with Crippen molar-refractivity contribution in [3.05, 3.63) is 71.6 Å². The third kappa shape index (κ3) is 39.2. The number of ether oxygens (including phenoxy) is 21. The third-order valence-electron chi connectivity index (χ3n) is 21.4. The maximum absolute atomic E-state index is 12.0. The molecule has 129 heavy (non-hydrogen) atoms. The van der Waals surface area contributed by atoms with Gasteiger partial charge < -0.3 is 163 Å². The van der Waals surface area contributed by atoms with Crippen LogP contribution < -0.4 is 32.7 Å². The monoisotopic (exact) mass is 1840 g/mol. The zero-order chi connectivity index (χ0) is 92.0. The summed E-state index contributed by atoms with van der Waals surface area (Å²) in [4.78, 5) is 47.0. The van der Waals surface area contributed by atoms with Crippen molar-refractivity contribution in [3.8, 4) is 0 Å². The summed E-state index contributed by atoms with van der Waals surface area (Å²) < 4.78 is 122. The van der Waals surface area contributed by atoms with Crippen LogP contribution in [0.15, 0.2) is 48.9 Å². The van der Waals surface area contributed by atoms with E-state index in [4.69, 9.17) is 111 Å². The second kappa shape index (κ2) is 62.2. The average Bonchev–Trinajstić information content (AvgIpc) is 1.63. The van der Waals surface area contributed by atoms with E-state index in [-0.39, 0.29) is 94.1 Å². The number of fused-ring (bicyclic) bond motifs is 6. The number of carbonyl (C=O) groups excluding carboxylic acids is 4. The highest BCUT2D eigenvalue weighted by atomic mass is 16.8. The highest BCUT2D eigenvalue weighted by Crippen LogP contribution is 2.42. The van der Waals surface area contributed by atoms with Gasteiger partial charge in [0.25, 0.3) is 0 Å². The number of hydrogen-bond acceptors (Lipinski definition) is 40. The lowest BCUT2D eigenvalue weighted by atomic mass is 9.86. The molecule has 0 unspecified atom stereocenters. The molecule has 9 heterocycles. The van der Waals surface area contributed by atoms with Crippen molar-refractivity contribution in [1.82, 2.24) is 66.2 Å². The van der Waals surface area contributed by atoms with E-state index >= 15 is 0 Å². The molecular formula is C83H141N15O31. The minimum absolute atomic E-state index is 0.0242. The maximum Gasteiger partial charge on any atom is 0.220 e. The van der Waals surface area contributed by atoms with E-state index in [2.05, 4.69) is 52.2 Å². The molecule has 1 aromatic carbocycles. The van der Waals surface area contributed by atoms with Crippen LogP contribution in [-0.4, -0.2) is 415 Å². The minimum atomic E-state index is -1.07. The molecule has 6 fully saturated rings. The molecule has 0 aliphatic carbocycles. The van der Waals surface area contributed by atoms with Gasteiger partial charge in [0, 0.05) is 62.2 Å². The number of rotatable bonds is 70. The topological polar surface area (TPSA) is 576 Å². The largest absolute Gasteiger partial charge is 0.390 e. The fourth-order valence-electron chi connectivity index (χ4n) is 13.7. The number of aromatic nitrogens is 9. The molecule has 0 saturated carbocycles. The molecule has 6 aliphatic rings. The van der Waals surface area contributed by atoms with Crippen LogP contribution in [0, 0.1) is 17.8 Å². The third-order valence-corrected chi connectivity index (χ3v) is 21.4. The molecule has 6 bridgehead atoms. The van der Waals surface area contributed by atoms with E-state index in [0.29, 0.717) is 292 Å². The number of nitrogens with one attached hydrogen (secondary N) is 4. The van der Waals surface area contributed by atoms with Gasteiger partial charge in [0.1, 0.15) is 52.2 Å². The molecule has 46 nitrogen and oxygen atoms in total. The summed E-state index contributed by atoms with van der Waals surface area (Å²) in [5, 5.41) is 97.5. The second-order valence-electron chi connectivity index (χ2n) is 31.6. The first-order chi connectivity index (χ1) is 62.8. The highest BCUT2D eigenvalue weighted by molar-refractivity contribution is 5.97. The van der Waals surface area contributed by atoms with Crippen LogP contribution in [-0.2, 0) is 153 Å². The number of ketones is 1. The first-order valence-electron chi connectivity index (χ1n) is 44.6. The Balaban J connectivity index is 0.000000241. The molecule has 3 amide bonds. The number of hydrogen-bond donors (Lipinski definition) is 12. The van der Waals surface area contributed by atoms with E-state index < -0.39 is 72.3 Å². The lowest BCUT2D eigenvalue weighted by Crippen LogP contribution is -2.60. The van der Waals surface area contributed by atoms with Crippen LogP contribution in [0.3, 0.4) is 0 Å². The summed E-state index contributed by atoms with van der Waals surface area (Å²) >= 11 is 0. The normalized spacial score (nSPS) is 24.9. The molecule has 4 aromatic rings. The fraction of sp³-hybridized carbons (Fsp3) is 0.807. The van der Waals surface area contributed by atoms with Crippen LogP contribution in [0.5, 0.6) is 0 Å². The van der Waals surface area contributed by atoms with Gasteiger partial charge in [-0.1, -0.05) is 66.7 Å². The molecule has 6 aliphatic heterocycles. The Morgan fingerprint density at radius 2 is 0.674 bits per heavy atom. The standard InChI is InChI=1S/C33H51N5O11.2C25H45N5O10/c1-25-30(41)31(42)33(24-48-32(25)49-33)23-47-19-18-45-17-16-44-15-14-43-13-11-38-21-27(36-37-38)22-46-12-10-35-29(40)8-5-9-34-20-28(39)26-6-3-2-4-7-26;2*1-19-22(32)23(33)25(18-39-24(19)40-25)17-38-14-13-36-12-11-35-10-9-34-8-6-30-15-20(28-29-30)16-37-7-5-27-21(31)3-2-4-26/h2-4,6-7,21,25,30-32,34,41-42H,5,8-20,22-24H2,1H3,(H,35,40);2*15,19,22-24,32-33H,2-14,16-18,26H2,1H3,(H,27,31)/t25-,30-,31-,32+,33+;2*19-,22-,23-,24+,25+/m111/s1. The zero-order valence-corrected chi connectivity index (χ0v) is 74.8. The smallest absolute Gasteiger partial charge is 0.220 e. The van der Waals surface area contributed by atoms with Crippen molar-refractivity contribution in [2.24, 2.45) is 29.2 Å². The van der Waals surface area contributed by atoms with Gasteiger partial charge in [0.05, 0.1) is 281 Å². The number of nitrogens with two attached hydrogens (primary N) is 2. The Morgan fingerprint density at radius 1 is 0.388 bits per heavy atom. The van der Waals surface area contributed by atoms with Crippen molar-refractivity contribution in [2.45, 2.75) is 171 Å². The van der Waals surface area contributed by atoms with Gasteiger partial charge in [0.15, 0.2) is 24.7 Å². The van der Waals surface area contributed by atoms with Gasteiger partial charge >= 0.3 is 0 Å². The van der Waals surface area contributed by atoms with Crippen molar-refractivity contribution in [1.29, 1.82) is 0 Å². The lowest BCUT2D eigenvalue weighted by Gasteiger charge is -2.41. The van der Waals surface area contributed by atoms with E-state index in [1.54, 1.807) is 65.5 Å². The Morgan fingerprint density at radius 3 is 0.977 bits per heavy atom. The van der Waals surface area contributed by atoms with Crippen molar-refractivity contribution in [3.63, 3.8) is 0 Å². The van der Waals surface area contributed by atoms with Gasteiger partial charge in [0.2, 0.25) is 17.7 Å². The number of aliphatic hydroxyl groups is 6. The predicted molar refractivity (Wildman–Crippen MR) is 452 cm³/mol. The van der Waals surface area contributed by atoms with Crippen molar-refractivity contribution >= 4 is 23.5 Å². The molecule has 3 aromatic heterocycles. The fourth-order valence-corrected chi connectivity index (χ4v) is 13.7. The number of amides is 3. The SMILES string of the molecule is C[C@H]1[C@H]2OC[C@](COCCOCCOCCOCCn3cc(COCCNC(=O)CCCN)nn3)(O2)[C@H](O)[C@@H]1O.C[C@H]1[C@H]2OC[C@](COCCOCCOCCOCCn3cc(COCCNC(=O)CCCN)nn3)(O2)[C@H](O)[C@@H]1O.C[C@H]1[C@H]2OC[C@](COCCOCCOCCOCCn3cc(COCCNC(=O)CCCNCC(=O)c4ccccc4)nn3)(O2)[C@H](O)[C@@H]1O. The highest BCUT2D eigenvalue weighted by Gasteiger charge is 2.60. The van der Waals surface area contributed by atoms with Crippen LogP contribution in [0.1, 0.15) is 86.7 Å². The molecule has 10 rings (SSSR count). The Kier molecular flexibility index (Phi) is 52.0. The number of aliphatic hydroxyl groups excluding tert-OH is 6. The van der Waals surface area contributed by atoms with Crippen molar-refractivity contribution < 1.29 is 149 Å². The van der Waals surface area contributed by atoms with E-state index in [0.717, 1.165) is 0 Å². The molecule has 6 saturated heterocycles. The molecule has 0 spiro atoms. The molecule has 734 valence electrons. The molecule has 15 atom stereocenters. The van der Waals surface area contributed by atoms with Crippen LogP contribution in [0.25, 0.3) is 0 Å². The Bertz CT molecular complexity index is 3520. The Labute approximate surface area is 752 Å². The average molecular weight is 1850 g/mol. The van der Waals surface area contributed by atoms with Crippen LogP contribution >= 0.6 is 0 Å². The zero-order valence-electron chi connectivity index (χ0n) is 74.8. The molecular weight excluding hydrogens is 1700 g/mol. The molecule has 14 N–H and O–H groups in total. The second-order valence-corrected chi connectivity index (χ2v) is 31.6. The summed E-state index contributed by atoms with van der Waals surface area (Å²) in [6.45, 7) is 21.7.